The van der Waals surface area contributed by atoms with Crippen LogP contribution in [0.4, 0.5) is 10.2 Å². The Kier molecular flexibility index (Phi) is 7.01. The van der Waals surface area contributed by atoms with Gasteiger partial charge in [-0.2, -0.15) is 4.39 Å². The highest BCUT2D eigenvalue weighted by Crippen LogP contribution is 2.23. The van der Waals surface area contributed by atoms with Gasteiger partial charge in [0.2, 0.25) is 5.95 Å². The Morgan fingerprint density at radius 1 is 1.00 bits per heavy atom. The molecule has 5 nitrogen and oxygen atoms in total. The molecule has 0 saturated carbocycles. The van der Waals surface area contributed by atoms with Crippen molar-refractivity contribution in [2.75, 3.05) is 5.73 Å². The molecule has 0 aliphatic carbocycles. The van der Waals surface area contributed by atoms with E-state index in [1.54, 1.807) is 0 Å². The number of nitrogen functional groups attached to an aromatic ring is 1. The number of hydrogen-bond acceptors (Lipinski definition) is 4. The molecule has 3 N–H and O–H groups in total. The molecule has 0 fully saturated rings. The Morgan fingerprint density at radius 3 is 2.17 bits per heavy atom. The number of carbonyl (C=O) groups excluding carboxylic acids is 1. The first-order chi connectivity index (χ1) is 14.4. The first-order valence-electron chi connectivity index (χ1n) is 9.96. The fraction of sp³-hybridized carbons (Fsp3) is 0.250. The van der Waals surface area contributed by atoms with Gasteiger partial charge in [0.25, 0.3) is 5.91 Å². The highest BCUT2D eigenvalue weighted by atomic mass is 19.1. The molecule has 0 saturated heterocycles. The zero-order chi connectivity index (χ0) is 21.5. The van der Waals surface area contributed by atoms with Crippen molar-refractivity contribution in [3.05, 3.63) is 83.3 Å². The minimum Gasteiger partial charge on any atom is -0.457 e. The van der Waals surface area contributed by atoms with Crippen LogP contribution in [-0.4, -0.2) is 10.9 Å². The Hall–Kier alpha value is -3.41. The second kappa shape index (κ2) is 9.87. The van der Waals surface area contributed by atoms with Crippen molar-refractivity contribution in [1.82, 2.24) is 10.3 Å². The van der Waals surface area contributed by atoms with Crippen molar-refractivity contribution in [3.8, 4) is 11.5 Å². The van der Waals surface area contributed by atoms with Crippen LogP contribution in [0.3, 0.4) is 0 Å². The van der Waals surface area contributed by atoms with Gasteiger partial charge in [0, 0.05) is 6.54 Å². The molecule has 1 aromatic heterocycles. The molecular formula is C24H26FN3O2. The van der Waals surface area contributed by atoms with Crippen LogP contribution >= 0.6 is 0 Å². The van der Waals surface area contributed by atoms with Gasteiger partial charge in [-0.15, -0.1) is 0 Å². The number of ether oxygens (including phenoxy) is 1. The van der Waals surface area contributed by atoms with Gasteiger partial charge < -0.3 is 15.8 Å². The third-order valence-corrected chi connectivity index (χ3v) is 4.68. The maximum absolute atomic E-state index is 13.0. The summed E-state index contributed by atoms with van der Waals surface area (Å²) in [5.41, 5.74) is 7.94. The number of nitrogens with one attached hydrogen (secondary N) is 1. The van der Waals surface area contributed by atoms with E-state index in [-0.39, 0.29) is 11.4 Å². The molecule has 1 heterocycles. The lowest BCUT2D eigenvalue weighted by molar-refractivity contribution is 0.0951. The molecule has 0 aliphatic heterocycles. The molecule has 0 spiro atoms. The minimum absolute atomic E-state index is 0.133. The van der Waals surface area contributed by atoms with E-state index in [2.05, 4.69) is 36.3 Å². The lowest BCUT2D eigenvalue weighted by Crippen LogP contribution is -2.24. The number of aryl methyl sites for hydroxylation is 1. The first-order valence-corrected chi connectivity index (χ1v) is 9.96. The largest absolute Gasteiger partial charge is 0.457 e. The predicted octanol–water partition coefficient (Wildman–Crippen LogP) is 5.11. The summed E-state index contributed by atoms with van der Waals surface area (Å²) in [6, 6.07) is 18.0. The van der Waals surface area contributed by atoms with Gasteiger partial charge in [0.05, 0.1) is 5.56 Å². The molecule has 0 unspecified atom stereocenters. The van der Waals surface area contributed by atoms with E-state index in [4.69, 9.17) is 10.5 Å². The topological polar surface area (TPSA) is 77.2 Å². The summed E-state index contributed by atoms with van der Waals surface area (Å²) in [7, 11) is 0. The number of pyridine rings is 1. The maximum atomic E-state index is 13.0. The van der Waals surface area contributed by atoms with Crippen molar-refractivity contribution in [1.29, 1.82) is 0 Å². The van der Waals surface area contributed by atoms with E-state index in [1.165, 1.54) is 18.1 Å². The molecule has 2 aromatic carbocycles. The van der Waals surface area contributed by atoms with Crippen molar-refractivity contribution in [2.45, 2.75) is 33.2 Å². The molecule has 3 aromatic rings. The normalized spacial score (nSPS) is 10.8. The van der Waals surface area contributed by atoms with E-state index in [0.717, 1.165) is 23.8 Å². The number of amides is 1. The van der Waals surface area contributed by atoms with E-state index in [0.29, 0.717) is 18.2 Å². The van der Waals surface area contributed by atoms with Gasteiger partial charge in [-0.05, 0) is 66.3 Å². The average Bonchev–Trinajstić information content (AvgIpc) is 2.72. The smallest absolute Gasteiger partial charge is 0.255 e. The quantitative estimate of drug-likeness (QED) is 0.509. The van der Waals surface area contributed by atoms with Gasteiger partial charge >= 0.3 is 0 Å². The van der Waals surface area contributed by atoms with Gasteiger partial charge in [-0.1, -0.05) is 38.1 Å². The zero-order valence-corrected chi connectivity index (χ0v) is 17.2. The molecule has 6 heteroatoms. The number of nitrogens with two attached hydrogens (primary N) is 1. The Labute approximate surface area is 176 Å². The molecule has 0 atom stereocenters. The summed E-state index contributed by atoms with van der Waals surface area (Å²) in [4.78, 5) is 15.6. The Bertz CT molecular complexity index is 986. The zero-order valence-electron chi connectivity index (χ0n) is 17.2. The summed E-state index contributed by atoms with van der Waals surface area (Å²) < 4.78 is 18.9. The molecule has 1 amide bonds. The maximum Gasteiger partial charge on any atom is 0.255 e. The second-order valence-electron chi connectivity index (χ2n) is 7.57. The van der Waals surface area contributed by atoms with Crippen LogP contribution in [0.25, 0.3) is 0 Å². The van der Waals surface area contributed by atoms with Crippen LogP contribution < -0.4 is 15.8 Å². The molecule has 30 heavy (non-hydrogen) atoms. The monoisotopic (exact) mass is 407 g/mol. The van der Waals surface area contributed by atoms with Gasteiger partial charge in [0.15, 0.2) is 0 Å². The third-order valence-electron chi connectivity index (χ3n) is 4.68. The average molecular weight is 407 g/mol. The van der Waals surface area contributed by atoms with Crippen LogP contribution in [0.5, 0.6) is 11.5 Å². The predicted molar refractivity (Wildman–Crippen MR) is 116 cm³/mol. The van der Waals surface area contributed by atoms with Gasteiger partial charge in [-0.25, -0.2) is 4.98 Å². The van der Waals surface area contributed by atoms with Crippen LogP contribution in [0, 0.1) is 11.9 Å². The van der Waals surface area contributed by atoms with Gasteiger partial charge in [-0.3, -0.25) is 4.79 Å². The van der Waals surface area contributed by atoms with Gasteiger partial charge in [0.1, 0.15) is 17.3 Å². The SMILES string of the molecule is CC(C)CCc1ccc(Oc2ccc(CNC(=O)c3ccc(F)nc3N)cc2)cc1. The number of nitrogens with zero attached hydrogens (tertiary/aromatic N) is 1. The number of benzene rings is 2. The number of rotatable bonds is 8. The molecule has 3 rings (SSSR count). The fourth-order valence-corrected chi connectivity index (χ4v) is 2.91. The Morgan fingerprint density at radius 2 is 1.60 bits per heavy atom. The lowest BCUT2D eigenvalue weighted by atomic mass is 10.0. The van der Waals surface area contributed by atoms with E-state index in [1.807, 2.05) is 36.4 Å². The number of hydrogen-bond donors (Lipinski definition) is 2. The number of carbonyl (C=O) groups is 1. The van der Waals surface area contributed by atoms with E-state index < -0.39 is 11.9 Å². The standard InChI is InChI=1S/C24H26FN3O2/c1-16(2)3-4-17-5-9-19(10-6-17)30-20-11-7-18(8-12-20)15-27-24(29)21-13-14-22(25)28-23(21)26/h5-14,16H,3-4,15H2,1-2H3,(H2,26,28)(H,27,29). The number of aromatic nitrogens is 1. The van der Waals surface area contributed by atoms with Crippen molar-refractivity contribution in [2.24, 2.45) is 5.92 Å². The van der Waals surface area contributed by atoms with Crippen LogP contribution in [0.2, 0.25) is 0 Å². The lowest BCUT2D eigenvalue weighted by Gasteiger charge is -2.10. The van der Waals surface area contributed by atoms with E-state index >= 15 is 0 Å². The summed E-state index contributed by atoms with van der Waals surface area (Å²) in [6.45, 7) is 4.75. The first kappa shape index (κ1) is 21.3. The third kappa shape index (κ3) is 6.04. The summed E-state index contributed by atoms with van der Waals surface area (Å²) >= 11 is 0. The van der Waals surface area contributed by atoms with Crippen LogP contribution in [0.15, 0.2) is 60.7 Å². The molecule has 156 valence electrons. The Balaban J connectivity index is 1.53. The highest BCUT2D eigenvalue weighted by molar-refractivity contribution is 5.98. The van der Waals surface area contributed by atoms with Crippen molar-refractivity contribution < 1.29 is 13.9 Å². The van der Waals surface area contributed by atoms with E-state index in [9.17, 15) is 9.18 Å². The number of anilines is 1. The summed E-state index contributed by atoms with van der Waals surface area (Å²) in [5, 5.41) is 2.75. The van der Waals surface area contributed by atoms with Crippen molar-refractivity contribution >= 4 is 11.7 Å². The minimum atomic E-state index is -0.718. The second-order valence-corrected chi connectivity index (χ2v) is 7.57. The molecular weight excluding hydrogens is 381 g/mol. The fourth-order valence-electron chi connectivity index (χ4n) is 2.91. The summed E-state index contributed by atoms with van der Waals surface area (Å²) in [6.07, 6.45) is 2.24. The van der Waals surface area contributed by atoms with Crippen LogP contribution in [-0.2, 0) is 13.0 Å². The van der Waals surface area contributed by atoms with Crippen LogP contribution in [0.1, 0.15) is 41.8 Å². The summed E-state index contributed by atoms with van der Waals surface area (Å²) in [5.74, 6) is 0.929. The number of halogens is 1. The van der Waals surface area contributed by atoms with Crippen molar-refractivity contribution in [3.63, 3.8) is 0 Å². The molecule has 0 aliphatic rings. The molecule has 0 bridgehead atoms. The highest BCUT2D eigenvalue weighted by Gasteiger charge is 2.11. The molecule has 0 radical (unpaired) electrons.